The van der Waals surface area contributed by atoms with E-state index in [0.29, 0.717) is 22.9 Å². The van der Waals surface area contributed by atoms with Crippen molar-refractivity contribution >= 4 is 35.4 Å². The van der Waals surface area contributed by atoms with Crippen molar-refractivity contribution in [1.82, 2.24) is 9.88 Å². The van der Waals surface area contributed by atoms with Crippen molar-refractivity contribution in [2.45, 2.75) is 31.7 Å². The maximum absolute atomic E-state index is 12.3. The van der Waals surface area contributed by atoms with Crippen molar-refractivity contribution in [2.75, 3.05) is 18.4 Å². The molecule has 1 saturated heterocycles. The molecule has 1 amide bonds. The molecule has 2 N–H and O–H groups in total. The van der Waals surface area contributed by atoms with E-state index in [0.717, 1.165) is 38.3 Å². The number of anilines is 1. The summed E-state index contributed by atoms with van der Waals surface area (Å²) in [5.74, 6) is 0.0483. The Labute approximate surface area is 145 Å². The Bertz CT molecular complexity index is 673. The normalized spacial score (nSPS) is 21.0. The Morgan fingerprint density at radius 1 is 1.38 bits per heavy atom. The highest BCUT2D eigenvalue weighted by molar-refractivity contribution is 6.33. The third-order valence-corrected chi connectivity index (χ3v) is 4.86. The van der Waals surface area contributed by atoms with Crippen molar-refractivity contribution in [2.24, 2.45) is 5.92 Å². The van der Waals surface area contributed by atoms with E-state index >= 15 is 0 Å². The predicted octanol–water partition coefficient (Wildman–Crippen LogP) is 2.65. The fourth-order valence-electron chi connectivity index (χ4n) is 3.00. The maximum atomic E-state index is 12.3. The van der Waals surface area contributed by atoms with Crippen LogP contribution in [-0.2, 0) is 9.59 Å². The lowest BCUT2D eigenvalue weighted by Gasteiger charge is -2.29. The molecule has 6 nitrogen and oxygen atoms in total. The Kier molecular flexibility index (Phi) is 5.04. The van der Waals surface area contributed by atoms with Gasteiger partial charge in [-0.05, 0) is 37.0 Å². The summed E-state index contributed by atoms with van der Waals surface area (Å²) in [7, 11) is 0. The van der Waals surface area contributed by atoms with Crippen LogP contribution in [0.25, 0.3) is 6.08 Å². The van der Waals surface area contributed by atoms with Crippen LogP contribution in [-0.4, -0.2) is 46.0 Å². The number of carboxylic acids is 1. The van der Waals surface area contributed by atoms with E-state index in [1.807, 2.05) is 4.90 Å². The molecule has 1 saturated carbocycles. The zero-order chi connectivity index (χ0) is 17.1. The van der Waals surface area contributed by atoms with E-state index in [4.69, 9.17) is 16.7 Å². The Morgan fingerprint density at radius 2 is 2.17 bits per heavy atom. The minimum absolute atomic E-state index is 0.138. The fourth-order valence-corrected chi connectivity index (χ4v) is 3.23. The average molecular weight is 350 g/mol. The van der Waals surface area contributed by atoms with Crippen LogP contribution in [0.15, 0.2) is 18.3 Å². The quantitative estimate of drug-likeness (QED) is 0.798. The van der Waals surface area contributed by atoms with Crippen molar-refractivity contribution in [3.05, 3.63) is 28.9 Å². The molecule has 1 aromatic rings. The molecule has 0 spiro atoms. The summed E-state index contributed by atoms with van der Waals surface area (Å²) in [6.45, 7) is 1.44. The second-order valence-electron chi connectivity index (χ2n) is 6.31. The van der Waals surface area contributed by atoms with Crippen LogP contribution < -0.4 is 5.32 Å². The molecule has 0 unspecified atom stereocenters. The van der Waals surface area contributed by atoms with Crippen LogP contribution in [0.2, 0.25) is 5.02 Å². The van der Waals surface area contributed by atoms with Crippen LogP contribution in [0.1, 0.15) is 31.2 Å². The third kappa shape index (κ3) is 3.87. The van der Waals surface area contributed by atoms with Crippen LogP contribution in [0.3, 0.4) is 0 Å². The zero-order valence-corrected chi connectivity index (χ0v) is 14.0. The minimum atomic E-state index is -1.02. The molecule has 2 fully saturated rings. The van der Waals surface area contributed by atoms with Crippen LogP contribution >= 0.6 is 11.6 Å². The lowest BCUT2D eigenvalue weighted by Crippen LogP contribution is -2.38. The number of pyridine rings is 1. The highest BCUT2D eigenvalue weighted by Gasteiger charge is 2.33. The number of hydrogen-bond acceptors (Lipinski definition) is 4. The van der Waals surface area contributed by atoms with Gasteiger partial charge < -0.3 is 15.3 Å². The lowest BCUT2D eigenvalue weighted by atomic mass is 9.84. The summed E-state index contributed by atoms with van der Waals surface area (Å²) in [4.78, 5) is 29.0. The van der Waals surface area contributed by atoms with Gasteiger partial charge in [-0.1, -0.05) is 18.0 Å². The number of likely N-dealkylation sites (tertiary alicyclic amines) is 1. The molecule has 3 rings (SSSR count). The highest BCUT2D eigenvalue weighted by atomic mass is 35.5. The first-order valence-corrected chi connectivity index (χ1v) is 8.52. The number of nitrogens with one attached hydrogen (secondary N) is 1. The van der Waals surface area contributed by atoms with Gasteiger partial charge in [0.25, 0.3) is 0 Å². The number of hydrogen-bond donors (Lipinski definition) is 2. The Hall–Kier alpha value is -2.08. The maximum Gasteiger partial charge on any atom is 0.328 e. The number of halogens is 1. The topological polar surface area (TPSA) is 82.5 Å². The number of carboxylic acid groups (broad SMARTS) is 1. The Morgan fingerprint density at radius 3 is 2.79 bits per heavy atom. The Balaban J connectivity index is 1.58. The second-order valence-corrected chi connectivity index (χ2v) is 6.72. The third-order valence-electron chi connectivity index (χ3n) is 4.58. The van der Waals surface area contributed by atoms with Gasteiger partial charge in [0, 0.05) is 37.3 Å². The van der Waals surface area contributed by atoms with E-state index in [1.165, 1.54) is 6.08 Å². The van der Waals surface area contributed by atoms with E-state index < -0.39 is 5.97 Å². The van der Waals surface area contributed by atoms with Crippen LogP contribution in [0.4, 0.5) is 5.82 Å². The van der Waals surface area contributed by atoms with Crippen molar-refractivity contribution in [3.8, 4) is 0 Å². The molecular weight excluding hydrogens is 330 g/mol. The molecule has 1 atom stereocenters. The minimum Gasteiger partial charge on any atom is -0.478 e. The standard InChI is InChI=1S/C17H20ClN3O3/c18-14-8-11(4-5-15(22)23)9-19-16(14)20-13-6-7-21(10-13)17(24)12-2-1-3-12/h4-5,8-9,12-13H,1-3,6-7,10H2,(H,19,20)(H,22,23)/t13-/m1/s1. The van der Waals surface area contributed by atoms with Gasteiger partial charge in [-0.15, -0.1) is 0 Å². The molecule has 1 aromatic heterocycles. The number of aliphatic carboxylic acids is 1. The van der Waals surface area contributed by atoms with Crippen LogP contribution in [0, 0.1) is 5.92 Å². The van der Waals surface area contributed by atoms with E-state index in [9.17, 15) is 9.59 Å². The summed E-state index contributed by atoms with van der Waals surface area (Å²) in [5, 5.41) is 12.4. The number of rotatable bonds is 5. The van der Waals surface area contributed by atoms with E-state index in [1.54, 1.807) is 12.3 Å². The molecule has 1 aliphatic heterocycles. The lowest BCUT2D eigenvalue weighted by molar-refractivity contribution is -0.137. The molecule has 24 heavy (non-hydrogen) atoms. The summed E-state index contributed by atoms with van der Waals surface area (Å²) in [5.41, 5.74) is 0.626. The van der Waals surface area contributed by atoms with Crippen molar-refractivity contribution in [1.29, 1.82) is 0 Å². The molecule has 2 aliphatic rings. The van der Waals surface area contributed by atoms with Gasteiger partial charge in [-0.25, -0.2) is 9.78 Å². The average Bonchev–Trinajstić information content (AvgIpc) is 2.94. The highest BCUT2D eigenvalue weighted by Crippen LogP contribution is 2.30. The fraction of sp³-hybridized carbons (Fsp3) is 0.471. The summed E-state index contributed by atoms with van der Waals surface area (Å²) in [6, 6.07) is 1.81. The smallest absolute Gasteiger partial charge is 0.328 e. The number of carbonyl (C=O) groups is 2. The number of carbonyl (C=O) groups excluding carboxylic acids is 1. The van der Waals surface area contributed by atoms with Gasteiger partial charge in [-0.2, -0.15) is 0 Å². The number of nitrogens with zero attached hydrogens (tertiary/aromatic N) is 2. The summed E-state index contributed by atoms with van der Waals surface area (Å²) in [6.07, 6.45) is 8.13. The first kappa shape index (κ1) is 16.8. The predicted molar refractivity (Wildman–Crippen MR) is 91.9 cm³/mol. The SMILES string of the molecule is O=C(O)C=Cc1cnc(N[C@@H]2CCN(C(=O)C3CCC3)C2)c(Cl)c1. The van der Waals surface area contributed by atoms with Gasteiger partial charge in [0.15, 0.2) is 0 Å². The largest absolute Gasteiger partial charge is 0.478 e. The van der Waals surface area contributed by atoms with Crippen molar-refractivity contribution in [3.63, 3.8) is 0 Å². The zero-order valence-electron chi connectivity index (χ0n) is 13.2. The summed E-state index contributed by atoms with van der Waals surface area (Å²) < 4.78 is 0. The molecule has 1 aliphatic carbocycles. The molecule has 2 heterocycles. The van der Waals surface area contributed by atoms with E-state index in [-0.39, 0.29) is 17.9 Å². The molecule has 0 bridgehead atoms. The molecule has 7 heteroatoms. The molecule has 128 valence electrons. The van der Waals surface area contributed by atoms with Crippen LogP contribution in [0.5, 0.6) is 0 Å². The molecular formula is C17H20ClN3O3. The first-order chi connectivity index (χ1) is 11.5. The first-order valence-electron chi connectivity index (χ1n) is 8.15. The number of amides is 1. The summed E-state index contributed by atoms with van der Waals surface area (Å²) >= 11 is 6.22. The van der Waals surface area contributed by atoms with Gasteiger partial charge in [0.1, 0.15) is 5.82 Å². The monoisotopic (exact) mass is 349 g/mol. The van der Waals surface area contributed by atoms with Gasteiger partial charge in [-0.3, -0.25) is 4.79 Å². The molecule has 0 aromatic carbocycles. The number of aromatic nitrogens is 1. The van der Waals surface area contributed by atoms with Crippen molar-refractivity contribution < 1.29 is 14.7 Å². The van der Waals surface area contributed by atoms with Gasteiger partial charge in [0.05, 0.1) is 5.02 Å². The van der Waals surface area contributed by atoms with Gasteiger partial charge >= 0.3 is 5.97 Å². The van der Waals surface area contributed by atoms with E-state index in [2.05, 4.69) is 10.3 Å². The molecule has 0 radical (unpaired) electrons. The van der Waals surface area contributed by atoms with Gasteiger partial charge in [0.2, 0.25) is 5.91 Å². The second kappa shape index (κ2) is 7.21.